The third kappa shape index (κ3) is 14.6. The van der Waals surface area contributed by atoms with Gasteiger partial charge in [-0.05, 0) is 43.9 Å². The first-order valence-corrected chi connectivity index (χ1v) is 8.77. The highest BCUT2D eigenvalue weighted by molar-refractivity contribution is 9.09. The van der Waals surface area contributed by atoms with Crippen molar-refractivity contribution in [1.29, 1.82) is 0 Å². The van der Waals surface area contributed by atoms with Gasteiger partial charge in [0.1, 0.15) is 6.79 Å². The van der Waals surface area contributed by atoms with Crippen molar-refractivity contribution in [2.75, 3.05) is 20.0 Å². The van der Waals surface area contributed by atoms with Crippen LogP contribution in [0.15, 0.2) is 0 Å². The van der Waals surface area contributed by atoms with E-state index in [4.69, 9.17) is 9.47 Å². The van der Waals surface area contributed by atoms with Gasteiger partial charge in [0.15, 0.2) is 0 Å². The molecule has 0 saturated heterocycles. The summed E-state index contributed by atoms with van der Waals surface area (Å²) in [7, 11) is 0. The second-order valence-electron chi connectivity index (χ2n) is 5.89. The molecule has 0 aromatic rings. The second kappa shape index (κ2) is 13.4. The van der Waals surface area contributed by atoms with Crippen LogP contribution in [0.5, 0.6) is 0 Å². The summed E-state index contributed by atoms with van der Waals surface area (Å²) in [4.78, 5) is 0.637. The van der Waals surface area contributed by atoms with Crippen molar-refractivity contribution in [3.05, 3.63) is 0 Å². The summed E-state index contributed by atoms with van der Waals surface area (Å²) in [5, 5.41) is 0. The Morgan fingerprint density at radius 3 is 2.11 bits per heavy atom. The van der Waals surface area contributed by atoms with Crippen molar-refractivity contribution in [2.24, 2.45) is 11.8 Å². The van der Waals surface area contributed by atoms with Crippen LogP contribution in [0.2, 0.25) is 0 Å². The van der Waals surface area contributed by atoms with Crippen LogP contribution >= 0.6 is 15.9 Å². The van der Waals surface area contributed by atoms with Crippen molar-refractivity contribution >= 4 is 15.9 Å². The average molecular weight is 337 g/mol. The molecule has 0 amide bonds. The molecule has 0 aromatic heterocycles. The zero-order valence-corrected chi connectivity index (χ0v) is 14.9. The molecule has 0 rings (SSSR count). The molecule has 3 heteroatoms. The third-order valence-corrected chi connectivity index (χ3v) is 3.70. The summed E-state index contributed by atoms with van der Waals surface area (Å²) in [6, 6.07) is 0. The highest BCUT2D eigenvalue weighted by atomic mass is 79.9. The Hall–Kier alpha value is 0.400. The molecular formula is C16H33BrO2. The number of alkyl halides is 1. The predicted octanol–water partition coefficient (Wildman–Crippen LogP) is 5.39. The molecule has 0 spiro atoms. The Bertz CT molecular complexity index is 186. The van der Waals surface area contributed by atoms with Gasteiger partial charge >= 0.3 is 0 Å². The van der Waals surface area contributed by atoms with Crippen molar-refractivity contribution in [1.82, 2.24) is 0 Å². The zero-order valence-electron chi connectivity index (χ0n) is 13.3. The van der Waals surface area contributed by atoms with Crippen molar-refractivity contribution < 1.29 is 9.47 Å². The van der Waals surface area contributed by atoms with Crippen molar-refractivity contribution in [3.8, 4) is 0 Å². The normalized spacial score (nSPS) is 16.3. The summed E-state index contributed by atoms with van der Waals surface area (Å²) < 4.78 is 10.8. The molecule has 116 valence electrons. The average Bonchev–Trinajstić information content (AvgIpc) is 2.31. The van der Waals surface area contributed by atoms with E-state index in [1.165, 1.54) is 25.7 Å². The van der Waals surface area contributed by atoms with Crippen LogP contribution in [-0.4, -0.2) is 24.8 Å². The molecule has 0 fully saturated rings. The van der Waals surface area contributed by atoms with Crippen LogP contribution in [0.3, 0.4) is 0 Å². The van der Waals surface area contributed by atoms with E-state index in [0.717, 1.165) is 37.9 Å². The van der Waals surface area contributed by atoms with Gasteiger partial charge in [0, 0.05) is 18.0 Å². The van der Waals surface area contributed by atoms with Gasteiger partial charge in [-0.2, -0.15) is 0 Å². The largest absolute Gasteiger partial charge is 0.355 e. The number of hydrogen-bond donors (Lipinski definition) is 0. The number of ether oxygens (including phenoxy) is 2. The van der Waals surface area contributed by atoms with Crippen LogP contribution in [0.1, 0.15) is 66.2 Å². The van der Waals surface area contributed by atoms with Gasteiger partial charge in [0.25, 0.3) is 0 Å². The molecule has 0 aliphatic heterocycles. The Balaban J connectivity index is 3.31. The summed E-state index contributed by atoms with van der Waals surface area (Å²) in [5.41, 5.74) is 0. The fourth-order valence-electron chi connectivity index (χ4n) is 2.41. The third-order valence-electron chi connectivity index (χ3n) is 3.33. The molecule has 0 N–H and O–H groups in total. The fraction of sp³-hybridized carbons (Fsp3) is 1.00. The minimum Gasteiger partial charge on any atom is -0.355 e. The molecule has 0 aromatic carbocycles. The number of hydrogen-bond acceptors (Lipinski definition) is 2. The Morgan fingerprint density at radius 2 is 1.53 bits per heavy atom. The monoisotopic (exact) mass is 336 g/mol. The van der Waals surface area contributed by atoms with Crippen LogP contribution in [0.4, 0.5) is 0 Å². The van der Waals surface area contributed by atoms with E-state index in [1.807, 2.05) is 0 Å². The van der Waals surface area contributed by atoms with E-state index < -0.39 is 0 Å². The topological polar surface area (TPSA) is 18.5 Å². The van der Waals surface area contributed by atoms with Gasteiger partial charge in [-0.25, -0.2) is 0 Å². The second-order valence-corrected chi connectivity index (χ2v) is 7.46. The number of rotatable bonds is 13. The molecule has 3 atom stereocenters. The molecule has 3 unspecified atom stereocenters. The molecule has 0 aliphatic rings. The van der Waals surface area contributed by atoms with Gasteiger partial charge in [-0.15, -0.1) is 0 Å². The Labute approximate surface area is 128 Å². The van der Waals surface area contributed by atoms with Gasteiger partial charge in [-0.1, -0.05) is 50.0 Å². The maximum atomic E-state index is 5.47. The lowest BCUT2D eigenvalue weighted by molar-refractivity contribution is -0.0558. The SMILES string of the molecule is CCCCOCOCCCC(C)CC(C)CC(C)Br. The van der Waals surface area contributed by atoms with Crippen LogP contribution in [0.25, 0.3) is 0 Å². The molecule has 0 bridgehead atoms. The molecule has 0 heterocycles. The summed E-state index contributed by atoms with van der Waals surface area (Å²) in [5.74, 6) is 1.61. The summed E-state index contributed by atoms with van der Waals surface area (Å²) >= 11 is 3.63. The Morgan fingerprint density at radius 1 is 0.895 bits per heavy atom. The number of unbranched alkanes of at least 4 members (excludes halogenated alkanes) is 1. The van der Waals surface area contributed by atoms with Crippen molar-refractivity contribution in [2.45, 2.75) is 71.0 Å². The summed E-state index contributed by atoms with van der Waals surface area (Å²) in [6.07, 6.45) is 7.31. The first kappa shape index (κ1) is 19.4. The first-order chi connectivity index (χ1) is 9.06. The molecule has 0 radical (unpaired) electrons. The van der Waals surface area contributed by atoms with E-state index in [2.05, 4.69) is 43.6 Å². The quantitative estimate of drug-likeness (QED) is 0.255. The van der Waals surface area contributed by atoms with E-state index in [0.29, 0.717) is 11.6 Å². The first-order valence-electron chi connectivity index (χ1n) is 7.85. The molecular weight excluding hydrogens is 304 g/mol. The minimum absolute atomic E-state index is 0.464. The molecule has 0 aliphatic carbocycles. The minimum atomic E-state index is 0.464. The van der Waals surface area contributed by atoms with E-state index in [9.17, 15) is 0 Å². The van der Waals surface area contributed by atoms with E-state index in [-0.39, 0.29) is 0 Å². The lowest BCUT2D eigenvalue weighted by Gasteiger charge is -2.18. The standard InChI is InChI=1S/C16H33BrO2/c1-5-6-9-18-13-19-10-7-8-14(2)11-15(3)12-16(4)17/h14-16H,5-13H2,1-4H3. The van der Waals surface area contributed by atoms with Gasteiger partial charge < -0.3 is 9.47 Å². The van der Waals surface area contributed by atoms with E-state index in [1.54, 1.807) is 0 Å². The number of halogens is 1. The van der Waals surface area contributed by atoms with E-state index >= 15 is 0 Å². The van der Waals surface area contributed by atoms with Crippen LogP contribution < -0.4 is 0 Å². The highest BCUT2D eigenvalue weighted by Gasteiger charge is 2.10. The van der Waals surface area contributed by atoms with Gasteiger partial charge in [0.05, 0.1) is 0 Å². The van der Waals surface area contributed by atoms with Gasteiger partial charge in [-0.3, -0.25) is 0 Å². The smallest absolute Gasteiger partial charge is 0.146 e. The summed E-state index contributed by atoms with van der Waals surface area (Å²) in [6.45, 7) is 11.2. The Kier molecular flexibility index (Phi) is 13.7. The fourth-order valence-corrected chi connectivity index (χ4v) is 3.05. The van der Waals surface area contributed by atoms with Crippen molar-refractivity contribution in [3.63, 3.8) is 0 Å². The highest BCUT2D eigenvalue weighted by Crippen LogP contribution is 2.22. The van der Waals surface area contributed by atoms with Crippen LogP contribution in [-0.2, 0) is 9.47 Å². The molecule has 2 nitrogen and oxygen atoms in total. The lowest BCUT2D eigenvalue weighted by Crippen LogP contribution is -2.08. The maximum Gasteiger partial charge on any atom is 0.146 e. The molecule has 19 heavy (non-hydrogen) atoms. The molecule has 0 saturated carbocycles. The zero-order chi connectivity index (χ0) is 14.5. The van der Waals surface area contributed by atoms with Gasteiger partial charge in [0.2, 0.25) is 0 Å². The van der Waals surface area contributed by atoms with Crippen LogP contribution in [0, 0.1) is 11.8 Å². The lowest BCUT2D eigenvalue weighted by atomic mass is 9.91. The maximum absolute atomic E-state index is 5.47. The predicted molar refractivity (Wildman–Crippen MR) is 86.9 cm³/mol.